The summed E-state index contributed by atoms with van der Waals surface area (Å²) in [6.45, 7) is 0.0415. The Hall–Kier alpha value is -1.75. The second-order valence-corrected chi connectivity index (χ2v) is 6.16. The summed E-state index contributed by atoms with van der Waals surface area (Å²) in [5, 5.41) is 0. The number of hydrogen-bond donors (Lipinski definition) is 1. The molecular formula is C16H19FN2O2. The Morgan fingerprint density at radius 1 is 1.14 bits per heavy atom. The Balaban J connectivity index is 1.89. The monoisotopic (exact) mass is 290 g/mol. The van der Waals surface area contributed by atoms with E-state index in [0.29, 0.717) is 24.1 Å². The van der Waals surface area contributed by atoms with Crippen molar-refractivity contribution in [2.24, 2.45) is 11.1 Å². The van der Waals surface area contributed by atoms with E-state index in [1.807, 2.05) is 0 Å². The summed E-state index contributed by atoms with van der Waals surface area (Å²) < 4.78 is 13.5. The number of nitrogens with two attached hydrogens (primary N) is 1. The third-order valence-electron chi connectivity index (χ3n) is 4.72. The first-order valence-electron chi connectivity index (χ1n) is 7.39. The van der Waals surface area contributed by atoms with E-state index in [0.717, 1.165) is 25.7 Å². The molecule has 0 aromatic heterocycles. The van der Waals surface area contributed by atoms with Gasteiger partial charge in [0, 0.05) is 24.9 Å². The maximum absolute atomic E-state index is 13.5. The van der Waals surface area contributed by atoms with Crippen LogP contribution >= 0.6 is 0 Å². The van der Waals surface area contributed by atoms with Gasteiger partial charge in [0.1, 0.15) is 5.82 Å². The van der Waals surface area contributed by atoms with Crippen molar-refractivity contribution < 1.29 is 14.0 Å². The van der Waals surface area contributed by atoms with Gasteiger partial charge in [-0.25, -0.2) is 4.39 Å². The number of amides is 2. The first-order valence-corrected chi connectivity index (χ1v) is 7.39. The van der Waals surface area contributed by atoms with Crippen LogP contribution < -0.4 is 10.6 Å². The molecule has 1 aromatic rings. The Bertz CT molecular complexity index is 574. The highest BCUT2D eigenvalue weighted by molar-refractivity contribution is 6.17. The van der Waals surface area contributed by atoms with Gasteiger partial charge in [0.25, 0.3) is 0 Å². The van der Waals surface area contributed by atoms with Crippen LogP contribution in [0.25, 0.3) is 0 Å². The van der Waals surface area contributed by atoms with Crippen molar-refractivity contribution in [2.75, 3.05) is 4.90 Å². The van der Waals surface area contributed by atoms with Crippen LogP contribution in [0.1, 0.15) is 44.1 Å². The van der Waals surface area contributed by atoms with Gasteiger partial charge < -0.3 is 5.73 Å². The maximum atomic E-state index is 13.5. The number of hydrogen-bond acceptors (Lipinski definition) is 3. The summed E-state index contributed by atoms with van der Waals surface area (Å²) in [6.07, 6.45) is 4.91. The number of nitrogens with zero attached hydrogens (tertiary/aromatic N) is 1. The summed E-state index contributed by atoms with van der Waals surface area (Å²) in [5.74, 6) is -0.768. The number of anilines is 1. The zero-order valence-electron chi connectivity index (χ0n) is 11.9. The minimum Gasteiger partial charge on any atom is -0.326 e. The maximum Gasteiger partial charge on any atom is 0.234 e. The molecule has 1 aliphatic carbocycles. The number of carbonyl (C=O) groups is 2. The normalized spacial score (nSPS) is 21.3. The molecule has 1 spiro atoms. The van der Waals surface area contributed by atoms with Crippen molar-refractivity contribution in [1.82, 2.24) is 0 Å². The molecular weight excluding hydrogens is 271 g/mol. The molecule has 2 aliphatic rings. The lowest BCUT2D eigenvalue weighted by Gasteiger charge is -2.37. The molecule has 0 bridgehead atoms. The first-order chi connectivity index (χ1) is 10.0. The molecule has 112 valence electrons. The molecule has 1 saturated heterocycles. The average Bonchev–Trinajstić information content (AvgIpc) is 2.87. The minimum absolute atomic E-state index is 0.0415. The summed E-state index contributed by atoms with van der Waals surface area (Å²) in [5.41, 5.74) is 6.11. The minimum atomic E-state index is -0.412. The van der Waals surface area contributed by atoms with Crippen molar-refractivity contribution in [1.29, 1.82) is 0 Å². The summed E-state index contributed by atoms with van der Waals surface area (Å²) >= 11 is 0. The predicted molar refractivity (Wildman–Crippen MR) is 76.9 cm³/mol. The van der Waals surface area contributed by atoms with Crippen molar-refractivity contribution in [3.05, 3.63) is 29.6 Å². The number of benzene rings is 1. The van der Waals surface area contributed by atoms with Crippen LogP contribution in [0, 0.1) is 11.2 Å². The van der Waals surface area contributed by atoms with E-state index in [1.54, 1.807) is 0 Å². The molecule has 1 aromatic carbocycles. The van der Waals surface area contributed by atoms with Crippen LogP contribution in [0.15, 0.2) is 18.2 Å². The van der Waals surface area contributed by atoms with Gasteiger partial charge in [-0.3, -0.25) is 14.5 Å². The van der Waals surface area contributed by atoms with Crippen molar-refractivity contribution >= 4 is 17.5 Å². The van der Waals surface area contributed by atoms with Gasteiger partial charge in [0.15, 0.2) is 0 Å². The Morgan fingerprint density at radius 3 is 2.33 bits per heavy atom. The summed E-state index contributed by atoms with van der Waals surface area (Å²) in [6, 6.07) is 4.23. The lowest BCUT2D eigenvalue weighted by atomic mass is 9.76. The molecule has 4 nitrogen and oxygen atoms in total. The molecule has 2 N–H and O–H groups in total. The van der Waals surface area contributed by atoms with Gasteiger partial charge in [-0.05, 0) is 36.5 Å². The van der Waals surface area contributed by atoms with Crippen molar-refractivity contribution in [2.45, 2.75) is 45.1 Å². The van der Waals surface area contributed by atoms with Gasteiger partial charge in [-0.1, -0.05) is 12.8 Å². The molecule has 0 radical (unpaired) electrons. The Kier molecular flexibility index (Phi) is 3.53. The van der Waals surface area contributed by atoms with Crippen molar-refractivity contribution in [3.63, 3.8) is 0 Å². The van der Waals surface area contributed by atoms with Crippen LogP contribution in [0.2, 0.25) is 0 Å². The van der Waals surface area contributed by atoms with Crippen LogP contribution in [-0.4, -0.2) is 11.8 Å². The van der Waals surface area contributed by atoms with E-state index in [-0.39, 0.29) is 23.8 Å². The lowest BCUT2D eigenvalue weighted by Crippen LogP contribution is -2.47. The quantitative estimate of drug-likeness (QED) is 0.851. The van der Waals surface area contributed by atoms with Crippen LogP contribution in [-0.2, 0) is 16.1 Å². The lowest BCUT2D eigenvalue weighted by molar-refractivity contribution is -0.133. The van der Waals surface area contributed by atoms with Crippen molar-refractivity contribution in [3.8, 4) is 0 Å². The molecule has 1 aliphatic heterocycles. The second kappa shape index (κ2) is 5.22. The van der Waals surface area contributed by atoms with E-state index >= 15 is 0 Å². The number of piperidine rings is 1. The molecule has 1 heterocycles. The van der Waals surface area contributed by atoms with E-state index in [9.17, 15) is 14.0 Å². The SMILES string of the molecule is NCc1cc(N2C(=O)CC3(CCCC3)CC2=O)ccc1F. The number of imide groups is 1. The molecule has 2 fully saturated rings. The fraction of sp³-hybridized carbons (Fsp3) is 0.500. The molecule has 21 heavy (non-hydrogen) atoms. The van der Waals surface area contributed by atoms with Crippen LogP contribution in [0.3, 0.4) is 0 Å². The van der Waals surface area contributed by atoms with Gasteiger partial charge >= 0.3 is 0 Å². The first kappa shape index (κ1) is 14.2. The van der Waals surface area contributed by atoms with E-state index in [2.05, 4.69) is 0 Å². The van der Waals surface area contributed by atoms with Crippen LogP contribution in [0.4, 0.5) is 10.1 Å². The fourth-order valence-electron chi connectivity index (χ4n) is 3.62. The van der Waals surface area contributed by atoms with Crippen LogP contribution in [0.5, 0.6) is 0 Å². The molecule has 1 saturated carbocycles. The fourth-order valence-corrected chi connectivity index (χ4v) is 3.62. The molecule has 5 heteroatoms. The second-order valence-electron chi connectivity index (χ2n) is 6.16. The third-order valence-corrected chi connectivity index (χ3v) is 4.72. The zero-order chi connectivity index (χ0) is 15.0. The third kappa shape index (κ3) is 2.46. The zero-order valence-corrected chi connectivity index (χ0v) is 11.9. The number of carbonyl (C=O) groups excluding carboxylic acids is 2. The Labute approximate surface area is 123 Å². The van der Waals surface area contributed by atoms with E-state index in [1.165, 1.54) is 23.1 Å². The summed E-state index contributed by atoms with van der Waals surface area (Å²) in [4.78, 5) is 26.1. The Morgan fingerprint density at radius 2 is 1.76 bits per heavy atom. The average molecular weight is 290 g/mol. The molecule has 3 rings (SSSR count). The number of rotatable bonds is 2. The highest BCUT2D eigenvalue weighted by Gasteiger charge is 2.45. The standard InChI is InChI=1S/C16H19FN2O2/c17-13-4-3-12(7-11(13)10-18)19-14(20)8-16(9-15(19)21)5-1-2-6-16/h3-4,7H,1-2,5-6,8-10,18H2. The highest BCUT2D eigenvalue weighted by atomic mass is 19.1. The van der Waals surface area contributed by atoms with Gasteiger partial charge in [0.2, 0.25) is 11.8 Å². The summed E-state index contributed by atoms with van der Waals surface area (Å²) in [7, 11) is 0. The smallest absolute Gasteiger partial charge is 0.234 e. The van der Waals surface area contributed by atoms with Gasteiger partial charge in [0.05, 0.1) is 5.69 Å². The molecule has 0 unspecified atom stereocenters. The highest BCUT2D eigenvalue weighted by Crippen LogP contribution is 2.47. The largest absolute Gasteiger partial charge is 0.326 e. The molecule has 2 amide bonds. The number of halogens is 1. The van der Waals surface area contributed by atoms with E-state index in [4.69, 9.17) is 5.73 Å². The van der Waals surface area contributed by atoms with E-state index < -0.39 is 5.82 Å². The topological polar surface area (TPSA) is 63.4 Å². The predicted octanol–water partition coefficient (Wildman–Crippen LogP) is 2.50. The van der Waals surface area contributed by atoms with Gasteiger partial charge in [-0.15, -0.1) is 0 Å². The van der Waals surface area contributed by atoms with Gasteiger partial charge in [-0.2, -0.15) is 0 Å². The molecule has 0 atom stereocenters.